The van der Waals surface area contributed by atoms with Crippen molar-refractivity contribution in [3.05, 3.63) is 0 Å². The first kappa shape index (κ1) is 13.2. The van der Waals surface area contributed by atoms with Crippen LogP contribution in [-0.2, 0) is 0 Å². The molecular formula is C10H24N4. The lowest BCUT2D eigenvalue weighted by Crippen LogP contribution is -2.39. The molecular weight excluding hydrogens is 176 g/mol. The standard InChI is InChI=1S/C10H24N4/c1-8(14-9(11)12)5-6-13-7-10(2,3)4/h8,13H,5-7H2,1-4H3,(H4,11,12,14)/t8-/m0/s1. The van der Waals surface area contributed by atoms with Gasteiger partial charge in [0.2, 0.25) is 0 Å². The lowest BCUT2D eigenvalue weighted by molar-refractivity contribution is 0.374. The van der Waals surface area contributed by atoms with E-state index in [2.05, 4.69) is 31.4 Å². The van der Waals surface area contributed by atoms with E-state index in [0.717, 1.165) is 19.5 Å². The zero-order valence-corrected chi connectivity index (χ0v) is 9.78. The van der Waals surface area contributed by atoms with Gasteiger partial charge < -0.3 is 16.4 Å². The third-order valence-corrected chi connectivity index (χ3v) is 1.81. The fourth-order valence-corrected chi connectivity index (χ4v) is 1.12. The Bertz CT molecular complexity index is 171. The van der Waals surface area contributed by atoms with Crippen molar-refractivity contribution >= 4 is 5.96 Å². The molecule has 0 aliphatic heterocycles. The summed E-state index contributed by atoms with van der Waals surface area (Å²) >= 11 is 0. The Hall–Kier alpha value is -0.770. The van der Waals surface area contributed by atoms with Crippen LogP contribution in [-0.4, -0.2) is 25.1 Å². The second kappa shape index (κ2) is 5.86. The smallest absolute Gasteiger partial charge is 0.185 e. The van der Waals surface area contributed by atoms with E-state index >= 15 is 0 Å². The summed E-state index contributed by atoms with van der Waals surface area (Å²) < 4.78 is 0. The number of hydrogen-bond donors (Lipinski definition) is 4. The molecule has 0 amide bonds. The summed E-state index contributed by atoms with van der Waals surface area (Å²) in [4.78, 5) is 0. The molecule has 0 aromatic heterocycles. The summed E-state index contributed by atoms with van der Waals surface area (Å²) in [6.45, 7) is 10.6. The minimum atomic E-state index is 0.0494. The molecule has 0 heterocycles. The first-order chi connectivity index (χ1) is 6.31. The van der Waals surface area contributed by atoms with Gasteiger partial charge in [-0.2, -0.15) is 0 Å². The normalized spacial score (nSPS) is 13.7. The predicted octanol–water partition coefficient (Wildman–Crippen LogP) is 0.884. The fraction of sp³-hybridized carbons (Fsp3) is 0.900. The Balaban J connectivity index is 3.41. The SMILES string of the molecule is C[C@@H](CCNCC(C)(C)C)NC(=N)N. The van der Waals surface area contributed by atoms with E-state index in [1.54, 1.807) is 0 Å². The van der Waals surface area contributed by atoms with Crippen molar-refractivity contribution in [3.63, 3.8) is 0 Å². The van der Waals surface area contributed by atoms with Gasteiger partial charge in [0.15, 0.2) is 5.96 Å². The highest BCUT2D eigenvalue weighted by Gasteiger charge is 2.09. The quantitative estimate of drug-likeness (QED) is 0.302. The molecule has 0 saturated heterocycles. The second-order valence-corrected chi connectivity index (χ2v) is 4.99. The number of nitrogens with one attached hydrogen (secondary N) is 3. The van der Waals surface area contributed by atoms with Gasteiger partial charge >= 0.3 is 0 Å². The Kier molecular flexibility index (Phi) is 5.53. The molecule has 0 fully saturated rings. The Morgan fingerprint density at radius 2 is 2.00 bits per heavy atom. The molecule has 0 bridgehead atoms. The molecule has 0 spiro atoms. The summed E-state index contributed by atoms with van der Waals surface area (Å²) in [7, 11) is 0. The summed E-state index contributed by atoms with van der Waals surface area (Å²) in [6, 6.07) is 0.264. The average molecular weight is 200 g/mol. The molecule has 0 radical (unpaired) electrons. The van der Waals surface area contributed by atoms with Crippen LogP contribution in [0.25, 0.3) is 0 Å². The van der Waals surface area contributed by atoms with Crippen molar-refractivity contribution in [1.29, 1.82) is 5.41 Å². The van der Waals surface area contributed by atoms with Gasteiger partial charge in [-0.3, -0.25) is 5.41 Å². The van der Waals surface area contributed by atoms with Crippen LogP contribution in [0.3, 0.4) is 0 Å². The summed E-state index contributed by atoms with van der Waals surface area (Å²) in [5.74, 6) is 0.0494. The summed E-state index contributed by atoms with van der Waals surface area (Å²) in [5.41, 5.74) is 5.55. The van der Waals surface area contributed by atoms with Crippen LogP contribution in [0.4, 0.5) is 0 Å². The summed E-state index contributed by atoms with van der Waals surface area (Å²) in [5, 5.41) is 13.3. The molecule has 0 rings (SSSR count). The molecule has 0 aromatic carbocycles. The maximum absolute atomic E-state index is 7.05. The highest BCUT2D eigenvalue weighted by molar-refractivity contribution is 5.74. The lowest BCUT2D eigenvalue weighted by atomic mass is 9.97. The Morgan fingerprint density at radius 1 is 1.43 bits per heavy atom. The second-order valence-electron chi connectivity index (χ2n) is 4.99. The largest absolute Gasteiger partial charge is 0.370 e. The van der Waals surface area contributed by atoms with Crippen molar-refractivity contribution in [3.8, 4) is 0 Å². The maximum atomic E-state index is 7.05. The first-order valence-corrected chi connectivity index (χ1v) is 5.12. The van der Waals surface area contributed by atoms with Crippen LogP contribution in [0.15, 0.2) is 0 Å². The van der Waals surface area contributed by atoms with Crippen molar-refractivity contribution in [1.82, 2.24) is 10.6 Å². The molecule has 0 unspecified atom stereocenters. The van der Waals surface area contributed by atoms with Crippen LogP contribution in [0.2, 0.25) is 0 Å². The average Bonchev–Trinajstić information content (AvgIpc) is 1.95. The van der Waals surface area contributed by atoms with Crippen LogP contribution in [0, 0.1) is 10.8 Å². The third-order valence-electron chi connectivity index (χ3n) is 1.81. The van der Waals surface area contributed by atoms with Gasteiger partial charge in [0.25, 0.3) is 0 Å². The molecule has 0 aromatic rings. The van der Waals surface area contributed by atoms with E-state index in [9.17, 15) is 0 Å². The van der Waals surface area contributed by atoms with Gasteiger partial charge in [0.1, 0.15) is 0 Å². The molecule has 5 N–H and O–H groups in total. The van der Waals surface area contributed by atoms with Crippen molar-refractivity contribution < 1.29 is 0 Å². The highest BCUT2D eigenvalue weighted by Crippen LogP contribution is 2.09. The Labute approximate surface area is 87.1 Å². The van der Waals surface area contributed by atoms with Gasteiger partial charge in [0.05, 0.1) is 0 Å². The maximum Gasteiger partial charge on any atom is 0.185 e. The van der Waals surface area contributed by atoms with Gasteiger partial charge in [0, 0.05) is 6.04 Å². The molecule has 0 aliphatic carbocycles. The van der Waals surface area contributed by atoms with Crippen molar-refractivity contribution in [2.24, 2.45) is 11.1 Å². The third kappa shape index (κ3) is 9.32. The molecule has 0 saturated carbocycles. The van der Waals surface area contributed by atoms with Gasteiger partial charge in [-0.1, -0.05) is 20.8 Å². The fourth-order valence-electron chi connectivity index (χ4n) is 1.12. The van der Waals surface area contributed by atoms with Crippen LogP contribution in [0.5, 0.6) is 0 Å². The molecule has 4 nitrogen and oxygen atoms in total. The number of guanidine groups is 1. The van der Waals surface area contributed by atoms with E-state index < -0.39 is 0 Å². The number of rotatable bonds is 5. The van der Waals surface area contributed by atoms with Crippen molar-refractivity contribution in [2.45, 2.75) is 40.2 Å². The molecule has 84 valence electrons. The predicted molar refractivity (Wildman–Crippen MR) is 61.5 cm³/mol. The van der Waals surface area contributed by atoms with Crippen molar-refractivity contribution in [2.75, 3.05) is 13.1 Å². The number of hydrogen-bond acceptors (Lipinski definition) is 2. The topological polar surface area (TPSA) is 73.9 Å². The van der Waals surface area contributed by atoms with E-state index in [4.69, 9.17) is 11.1 Å². The molecule has 1 atom stereocenters. The van der Waals surface area contributed by atoms with Gasteiger partial charge in [-0.15, -0.1) is 0 Å². The van der Waals surface area contributed by atoms with E-state index in [0.29, 0.717) is 5.41 Å². The highest BCUT2D eigenvalue weighted by atomic mass is 15.1. The van der Waals surface area contributed by atoms with Gasteiger partial charge in [-0.05, 0) is 31.8 Å². The van der Waals surface area contributed by atoms with Crippen LogP contribution in [0.1, 0.15) is 34.1 Å². The van der Waals surface area contributed by atoms with E-state index in [-0.39, 0.29) is 12.0 Å². The molecule has 14 heavy (non-hydrogen) atoms. The number of nitrogens with two attached hydrogens (primary N) is 1. The zero-order valence-electron chi connectivity index (χ0n) is 9.78. The minimum Gasteiger partial charge on any atom is -0.370 e. The summed E-state index contributed by atoms with van der Waals surface area (Å²) in [6.07, 6.45) is 0.982. The van der Waals surface area contributed by atoms with E-state index in [1.165, 1.54) is 0 Å². The molecule has 4 heteroatoms. The van der Waals surface area contributed by atoms with Crippen LogP contribution < -0.4 is 16.4 Å². The van der Waals surface area contributed by atoms with Crippen LogP contribution >= 0.6 is 0 Å². The van der Waals surface area contributed by atoms with Gasteiger partial charge in [-0.25, -0.2) is 0 Å². The zero-order chi connectivity index (χ0) is 11.2. The monoisotopic (exact) mass is 200 g/mol. The minimum absolute atomic E-state index is 0.0494. The molecule has 0 aliphatic rings. The van der Waals surface area contributed by atoms with E-state index in [1.807, 2.05) is 6.92 Å². The lowest BCUT2D eigenvalue weighted by Gasteiger charge is -2.20. The first-order valence-electron chi connectivity index (χ1n) is 5.12. The Morgan fingerprint density at radius 3 is 2.43 bits per heavy atom.